The Morgan fingerprint density at radius 2 is 1.92 bits per heavy atom. The second-order valence-corrected chi connectivity index (χ2v) is 3.03. The molecule has 0 aliphatic carbocycles. The average Bonchev–Trinajstić information content (AvgIpc) is 1.94. The Morgan fingerprint density at radius 1 is 1.33 bits per heavy atom. The van der Waals surface area contributed by atoms with E-state index in [0.717, 1.165) is 0 Å². The van der Waals surface area contributed by atoms with Gasteiger partial charge in [0.25, 0.3) is 0 Å². The van der Waals surface area contributed by atoms with Gasteiger partial charge in [0.15, 0.2) is 10.7 Å². The lowest BCUT2D eigenvalue weighted by Crippen LogP contribution is -1.87. The number of phenols is 1. The Balaban J connectivity index is 0.00000121. The van der Waals surface area contributed by atoms with Crippen LogP contribution in [-0.2, 0) is 10.7 Å². The van der Waals surface area contributed by atoms with Crippen LogP contribution in [0.5, 0.6) is 5.75 Å². The molecular weight excluding hydrogens is 202 g/mol. The van der Waals surface area contributed by atoms with E-state index in [4.69, 9.17) is 10.8 Å². The van der Waals surface area contributed by atoms with Crippen LogP contribution in [0.2, 0.25) is 0 Å². The van der Waals surface area contributed by atoms with Gasteiger partial charge in [-0.25, -0.2) is 8.42 Å². The van der Waals surface area contributed by atoms with Crippen molar-refractivity contribution in [1.29, 1.82) is 0 Å². The summed E-state index contributed by atoms with van der Waals surface area (Å²) >= 11 is 0. The van der Waals surface area contributed by atoms with E-state index < -0.39 is 10.7 Å². The van der Waals surface area contributed by atoms with Gasteiger partial charge in [-0.05, 0) is 18.2 Å². The van der Waals surface area contributed by atoms with Crippen LogP contribution in [0.25, 0.3) is 0 Å². The van der Waals surface area contributed by atoms with Gasteiger partial charge in [-0.1, -0.05) is 0 Å². The van der Waals surface area contributed by atoms with Crippen LogP contribution in [0, 0.1) is 0 Å². The van der Waals surface area contributed by atoms with Crippen LogP contribution in [0.3, 0.4) is 0 Å². The van der Waals surface area contributed by atoms with Crippen LogP contribution in [-0.4, -0.2) is 13.5 Å². The summed E-state index contributed by atoms with van der Waals surface area (Å²) in [6.07, 6.45) is 0. The second kappa shape index (κ2) is 4.18. The zero-order valence-electron chi connectivity index (χ0n) is 5.93. The van der Waals surface area contributed by atoms with Gasteiger partial charge in [-0.15, -0.1) is 12.4 Å². The van der Waals surface area contributed by atoms with E-state index in [1.165, 1.54) is 18.2 Å². The molecule has 0 spiro atoms. The monoisotopic (exact) mass is 209 g/mol. The van der Waals surface area contributed by atoms with Crippen molar-refractivity contribution in [2.45, 2.75) is 4.90 Å². The molecule has 12 heavy (non-hydrogen) atoms. The van der Waals surface area contributed by atoms with Crippen LogP contribution in [0.1, 0.15) is 0 Å². The summed E-state index contributed by atoms with van der Waals surface area (Å²) in [6, 6.07) is 3.74. The minimum absolute atomic E-state index is 0. The summed E-state index contributed by atoms with van der Waals surface area (Å²) in [6.45, 7) is 0. The van der Waals surface area contributed by atoms with Crippen molar-refractivity contribution >= 4 is 28.8 Å². The minimum atomic E-state index is -2.62. The fourth-order valence-electron chi connectivity index (χ4n) is 0.655. The highest BCUT2D eigenvalue weighted by atomic mass is 35.5. The first kappa shape index (κ1) is 11.1. The van der Waals surface area contributed by atoms with Crippen molar-refractivity contribution < 1.29 is 13.5 Å². The van der Waals surface area contributed by atoms with Gasteiger partial charge in [0.1, 0.15) is 5.75 Å². The fourth-order valence-corrected chi connectivity index (χ4v) is 1.10. The molecule has 0 amide bonds. The van der Waals surface area contributed by atoms with E-state index in [1.807, 2.05) is 0 Å². The van der Waals surface area contributed by atoms with E-state index in [1.54, 1.807) is 0 Å². The Kier molecular flexibility index (Phi) is 3.85. The standard InChI is InChI=1S/C6H7NO3S.ClH/c7-5-3-4(11(9)10)1-2-6(5)8;/h1-3,8,11H,7H2;1H. The zero-order valence-corrected chi connectivity index (χ0v) is 7.64. The second-order valence-electron chi connectivity index (χ2n) is 2.00. The predicted octanol–water partition coefficient (Wildman–Crippen LogP) is 0.367. The number of nitrogens with two attached hydrogens (primary N) is 1. The maximum atomic E-state index is 10.4. The average molecular weight is 210 g/mol. The molecule has 0 fully saturated rings. The van der Waals surface area contributed by atoms with Crippen LogP contribution >= 0.6 is 12.4 Å². The molecule has 4 nitrogen and oxygen atoms in total. The lowest BCUT2D eigenvalue weighted by molar-refractivity contribution is 0.477. The van der Waals surface area contributed by atoms with Gasteiger partial charge >= 0.3 is 0 Å². The van der Waals surface area contributed by atoms with Crippen molar-refractivity contribution in [1.82, 2.24) is 0 Å². The largest absolute Gasteiger partial charge is 0.506 e. The first-order valence-electron chi connectivity index (χ1n) is 2.84. The van der Waals surface area contributed by atoms with Crippen molar-refractivity contribution in [2.75, 3.05) is 5.73 Å². The summed E-state index contributed by atoms with van der Waals surface area (Å²) in [7, 11) is -2.62. The third-order valence-electron chi connectivity index (χ3n) is 1.22. The highest BCUT2D eigenvalue weighted by molar-refractivity contribution is 7.72. The van der Waals surface area contributed by atoms with E-state index in [2.05, 4.69) is 0 Å². The summed E-state index contributed by atoms with van der Waals surface area (Å²) in [5.74, 6) is -0.106. The molecule has 68 valence electrons. The van der Waals surface area contributed by atoms with Crippen LogP contribution in [0.15, 0.2) is 23.1 Å². The molecule has 0 saturated carbocycles. The number of hydrogen-bond acceptors (Lipinski definition) is 4. The van der Waals surface area contributed by atoms with Gasteiger partial charge < -0.3 is 10.8 Å². The SMILES string of the molecule is Cl.Nc1cc([SH](=O)=O)ccc1O. The maximum Gasteiger partial charge on any atom is 0.168 e. The first-order valence-corrected chi connectivity index (χ1v) is 4.02. The van der Waals surface area contributed by atoms with Crippen molar-refractivity contribution in [3.8, 4) is 5.75 Å². The first-order chi connectivity index (χ1) is 5.11. The van der Waals surface area contributed by atoms with Crippen molar-refractivity contribution in [2.24, 2.45) is 0 Å². The third kappa shape index (κ3) is 2.28. The van der Waals surface area contributed by atoms with E-state index in [9.17, 15) is 8.42 Å². The highest BCUT2D eigenvalue weighted by Gasteiger charge is 1.98. The Hall–Kier alpha value is -0.940. The lowest BCUT2D eigenvalue weighted by atomic mass is 10.3. The number of halogens is 1. The number of anilines is 1. The molecule has 1 aromatic rings. The number of hydrogen-bond donors (Lipinski definition) is 3. The molecule has 0 bridgehead atoms. The van der Waals surface area contributed by atoms with Crippen molar-refractivity contribution in [3.63, 3.8) is 0 Å². The topological polar surface area (TPSA) is 80.4 Å². The predicted molar refractivity (Wildman–Crippen MR) is 48.3 cm³/mol. The zero-order chi connectivity index (χ0) is 8.43. The minimum Gasteiger partial charge on any atom is -0.506 e. The fraction of sp³-hybridized carbons (Fsp3) is 0. The van der Waals surface area contributed by atoms with E-state index >= 15 is 0 Å². The highest BCUT2D eigenvalue weighted by Crippen LogP contribution is 2.20. The smallest absolute Gasteiger partial charge is 0.168 e. The molecule has 3 N–H and O–H groups in total. The number of phenolic OH excluding ortho intramolecular Hbond substituents is 1. The molecule has 0 aromatic heterocycles. The molecule has 0 saturated heterocycles. The van der Waals surface area contributed by atoms with E-state index in [-0.39, 0.29) is 28.7 Å². The molecule has 0 heterocycles. The number of nitrogen functional groups attached to an aromatic ring is 1. The maximum absolute atomic E-state index is 10.4. The molecule has 0 aliphatic rings. The summed E-state index contributed by atoms with van der Waals surface area (Å²) in [4.78, 5) is 0.107. The number of thiol groups is 1. The van der Waals surface area contributed by atoms with Gasteiger partial charge in [-0.2, -0.15) is 0 Å². The molecule has 0 unspecified atom stereocenters. The molecule has 1 aromatic carbocycles. The normalized spacial score (nSPS) is 9.42. The van der Waals surface area contributed by atoms with Crippen LogP contribution < -0.4 is 5.73 Å². The molecular formula is C6H8ClNO3S. The molecule has 0 aliphatic heterocycles. The van der Waals surface area contributed by atoms with Crippen molar-refractivity contribution in [3.05, 3.63) is 18.2 Å². The van der Waals surface area contributed by atoms with Gasteiger partial charge in [0.05, 0.1) is 10.6 Å². The van der Waals surface area contributed by atoms with Gasteiger partial charge in [-0.3, -0.25) is 0 Å². The summed E-state index contributed by atoms with van der Waals surface area (Å²) < 4.78 is 20.7. The Morgan fingerprint density at radius 3 is 2.33 bits per heavy atom. The van der Waals surface area contributed by atoms with Gasteiger partial charge in [0.2, 0.25) is 0 Å². The summed E-state index contributed by atoms with van der Waals surface area (Å²) in [5, 5.41) is 8.90. The van der Waals surface area contributed by atoms with Gasteiger partial charge in [0, 0.05) is 0 Å². The Bertz CT molecular complexity index is 343. The lowest BCUT2D eigenvalue weighted by Gasteiger charge is -1.96. The molecule has 1 rings (SSSR count). The molecule has 6 heteroatoms. The third-order valence-corrected chi connectivity index (χ3v) is 1.92. The molecule has 0 atom stereocenters. The Labute approximate surface area is 77.4 Å². The van der Waals surface area contributed by atoms with Crippen LogP contribution in [0.4, 0.5) is 5.69 Å². The quantitative estimate of drug-likeness (QED) is 0.355. The molecule has 0 radical (unpaired) electrons. The number of rotatable bonds is 1. The van der Waals surface area contributed by atoms with E-state index in [0.29, 0.717) is 0 Å². The number of aromatic hydroxyl groups is 1. The number of benzene rings is 1. The summed E-state index contributed by atoms with van der Waals surface area (Å²) in [5.41, 5.74) is 5.31.